The SMILES string of the molecule is O=C(Nc1cccc([N+](=O)[O-])c1)[C@](F)(OC(F)(F)[C@@](F)(OC(F)(F)C(F)(F)C(F)(F)F)C(F)(F)F)C(F)(F)F. The van der Waals surface area contributed by atoms with E-state index in [0.29, 0.717) is 23.5 Å². The number of ether oxygens (including phenoxy) is 2. The van der Waals surface area contributed by atoms with Gasteiger partial charge in [-0.3, -0.25) is 24.4 Å². The number of nitrogens with zero attached hydrogens (tertiary/aromatic N) is 1. The summed E-state index contributed by atoms with van der Waals surface area (Å²) in [5.41, 5.74) is -2.40. The number of carbonyl (C=O) groups excluding carboxylic acids is 1. The number of amides is 1. The Bertz CT molecular complexity index is 1090. The Morgan fingerprint density at radius 2 is 1.21 bits per heavy atom. The fourth-order valence-electron chi connectivity index (χ4n) is 2.07. The maximum absolute atomic E-state index is 14.4. The van der Waals surface area contributed by atoms with E-state index in [1.54, 1.807) is 0 Å². The van der Waals surface area contributed by atoms with E-state index >= 15 is 0 Å². The highest BCUT2D eigenvalue weighted by atomic mass is 19.4. The number of non-ortho nitro benzene ring substituents is 1. The van der Waals surface area contributed by atoms with E-state index < -0.39 is 70.6 Å². The molecule has 0 aromatic heterocycles. The number of hydrogen-bond donors (Lipinski definition) is 1. The van der Waals surface area contributed by atoms with Gasteiger partial charge in [0, 0.05) is 17.8 Å². The van der Waals surface area contributed by atoms with Crippen LogP contribution in [0.25, 0.3) is 0 Å². The van der Waals surface area contributed by atoms with Crippen LogP contribution in [0.4, 0.5) is 86.0 Å². The predicted octanol–water partition coefficient (Wildman–Crippen LogP) is 6.41. The molecular formula is C15H5F17N2O5. The van der Waals surface area contributed by atoms with Crippen molar-refractivity contribution in [3.8, 4) is 0 Å². The lowest BCUT2D eigenvalue weighted by molar-refractivity contribution is -0.548. The lowest BCUT2D eigenvalue weighted by Crippen LogP contribution is -2.68. The topological polar surface area (TPSA) is 90.7 Å². The Kier molecular flexibility index (Phi) is 8.49. The van der Waals surface area contributed by atoms with E-state index in [1.165, 1.54) is 4.74 Å². The minimum atomic E-state index is -8.15. The minimum Gasteiger partial charge on any atom is -0.321 e. The summed E-state index contributed by atoms with van der Waals surface area (Å²) in [6, 6.07) is 1.58. The van der Waals surface area contributed by atoms with Crippen LogP contribution in [0.3, 0.4) is 0 Å². The molecule has 7 nitrogen and oxygen atoms in total. The van der Waals surface area contributed by atoms with Gasteiger partial charge in [-0.2, -0.15) is 74.6 Å². The average molecular weight is 616 g/mol. The zero-order valence-corrected chi connectivity index (χ0v) is 17.2. The molecule has 0 radical (unpaired) electrons. The highest BCUT2D eigenvalue weighted by Gasteiger charge is 2.85. The fourth-order valence-corrected chi connectivity index (χ4v) is 2.07. The Labute approximate surface area is 200 Å². The summed E-state index contributed by atoms with van der Waals surface area (Å²) in [6.45, 7) is 0. The molecule has 0 saturated carbocycles. The van der Waals surface area contributed by atoms with Crippen LogP contribution in [-0.2, 0) is 14.3 Å². The number of halogens is 17. The normalized spacial score (nSPS) is 17.3. The number of nitro groups is 1. The van der Waals surface area contributed by atoms with Crippen molar-refractivity contribution in [1.82, 2.24) is 0 Å². The van der Waals surface area contributed by atoms with Gasteiger partial charge in [0.05, 0.1) is 4.92 Å². The monoisotopic (exact) mass is 616 g/mol. The largest absolute Gasteiger partial charge is 0.462 e. The van der Waals surface area contributed by atoms with Crippen molar-refractivity contribution in [2.45, 2.75) is 48.4 Å². The number of rotatable bonds is 9. The molecule has 0 heterocycles. The number of carbonyl (C=O) groups is 1. The first-order chi connectivity index (χ1) is 17.0. The van der Waals surface area contributed by atoms with Gasteiger partial charge < -0.3 is 5.32 Å². The summed E-state index contributed by atoms with van der Waals surface area (Å²) in [4.78, 5) is 21.0. The van der Waals surface area contributed by atoms with Crippen molar-refractivity contribution in [3.05, 3.63) is 34.4 Å². The molecule has 24 heteroatoms. The van der Waals surface area contributed by atoms with Crippen molar-refractivity contribution >= 4 is 17.3 Å². The van der Waals surface area contributed by atoms with Gasteiger partial charge >= 0.3 is 48.4 Å². The van der Waals surface area contributed by atoms with E-state index in [0.717, 1.165) is 0 Å². The summed E-state index contributed by atoms with van der Waals surface area (Å²) < 4.78 is 226. The van der Waals surface area contributed by atoms with Crippen LogP contribution < -0.4 is 5.32 Å². The second kappa shape index (κ2) is 9.78. The quantitative estimate of drug-likeness (QED) is 0.197. The Morgan fingerprint density at radius 1 is 0.718 bits per heavy atom. The van der Waals surface area contributed by atoms with E-state index in [-0.39, 0.29) is 6.07 Å². The number of nitrogens with one attached hydrogen (secondary N) is 1. The van der Waals surface area contributed by atoms with Gasteiger partial charge in [-0.15, -0.1) is 0 Å². The number of anilines is 1. The van der Waals surface area contributed by atoms with E-state index in [2.05, 4.69) is 0 Å². The summed E-state index contributed by atoms with van der Waals surface area (Å²) in [5.74, 6) is -26.7. The summed E-state index contributed by atoms with van der Waals surface area (Å²) in [7, 11) is 0. The molecule has 0 aliphatic carbocycles. The van der Waals surface area contributed by atoms with Crippen LogP contribution >= 0.6 is 0 Å². The van der Waals surface area contributed by atoms with E-state index in [9.17, 15) is 89.5 Å². The molecule has 0 fully saturated rings. The fraction of sp³-hybridized carbons (Fsp3) is 0.533. The average Bonchev–Trinajstić information content (AvgIpc) is 2.70. The van der Waals surface area contributed by atoms with Gasteiger partial charge in [0.25, 0.3) is 11.6 Å². The molecule has 39 heavy (non-hydrogen) atoms. The third kappa shape index (κ3) is 6.19. The third-order valence-corrected chi connectivity index (χ3v) is 3.97. The van der Waals surface area contributed by atoms with Gasteiger partial charge in [0.15, 0.2) is 0 Å². The zero-order chi connectivity index (χ0) is 31.3. The van der Waals surface area contributed by atoms with Crippen LogP contribution in [0.15, 0.2) is 24.3 Å². The van der Waals surface area contributed by atoms with Crippen LogP contribution in [0.5, 0.6) is 0 Å². The lowest BCUT2D eigenvalue weighted by atomic mass is 10.2. The highest BCUT2D eigenvalue weighted by molar-refractivity contribution is 5.97. The third-order valence-electron chi connectivity index (χ3n) is 3.97. The maximum atomic E-state index is 14.4. The molecule has 2 atom stereocenters. The second-order valence-electron chi connectivity index (χ2n) is 6.76. The number of nitro benzene ring substituents is 1. The van der Waals surface area contributed by atoms with Crippen LogP contribution in [0.1, 0.15) is 0 Å². The first-order valence-electron chi connectivity index (χ1n) is 8.64. The number of alkyl halides is 17. The number of benzene rings is 1. The molecule has 0 spiro atoms. The van der Waals surface area contributed by atoms with Gasteiger partial charge in [0.2, 0.25) is 0 Å². The molecule has 0 aliphatic heterocycles. The number of hydrogen-bond acceptors (Lipinski definition) is 5. The van der Waals surface area contributed by atoms with Crippen molar-refractivity contribution in [2.75, 3.05) is 5.32 Å². The summed E-state index contributed by atoms with van der Waals surface area (Å²) in [6.07, 6.45) is -39.0. The van der Waals surface area contributed by atoms with Gasteiger partial charge in [0.1, 0.15) is 0 Å². The first kappa shape index (κ1) is 33.8. The predicted molar refractivity (Wildman–Crippen MR) is 84.6 cm³/mol. The molecule has 1 rings (SSSR count). The molecule has 1 aromatic rings. The summed E-state index contributed by atoms with van der Waals surface area (Å²) in [5, 5.41) is 11.2. The van der Waals surface area contributed by atoms with Crippen LogP contribution in [0, 0.1) is 10.1 Å². The van der Waals surface area contributed by atoms with Crippen molar-refractivity contribution in [3.63, 3.8) is 0 Å². The smallest absolute Gasteiger partial charge is 0.321 e. The van der Waals surface area contributed by atoms with Gasteiger partial charge in [-0.05, 0) is 6.07 Å². The molecule has 1 aromatic carbocycles. The van der Waals surface area contributed by atoms with Gasteiger partial charge in [-0.1, -0.05) is 6.07 Å². The molecular weight excluding hydrogens is 611 g/mol. The Hall–Kier alpha value is -3.18. The van der Waals surface area contributed by atoms with Crippen molar-refractivity contribution in [1.29, 1.82) is 0 Å². The Morgan fingerprint density at radius 3 is 1.59 bits per heavy atom. The maximum Gasteiger partial charge on any atom is 0.462 e. The van der Waals surface area contributed by atoms with Crippen molar-refractivity contribution in [2.24, 2.45) is 0 Å². The highest BCUT2D eigenvalue weighted by Crippen LogP contribution is 2.56. The summed E-state index contributed by atoms with van der Waals surface area (Å²) >= 11 is 0. The molecule has 0 unspecified atom stereocenters. The van der Waals surface area contributed by atoms with Crippen LogP contribution in [0.2, 0.25) is 0 Å². The molecule has 0 aliphatic rings. The first-order valence-corrected chi connectivity index (χ1v) is 8.64. The van der Waals surface area contributed by atoms with E-state index in [4.69, 9.17) is 0 Å². The standard InChI is InChI=1S/C15H5F17N2O5/c16-8(11(20,21)22,7(35)33-5-2-1-3-6(4-5)34(36)37)38-15(31,32)10(19,13(26,27)28)39-14(29,30)9(17,18)12(23,24)25/h1-4H,(H,33,35)/t8-,10-/m0/s1. The van der Waals surface area contributed by atoms with Crippen molar-refractivity contribution < 1.29 is 93.8 Å². The lowest BCUT2D eigenvalue weighted by Gasteiger charge is -2.40. The molecule has 0 saturated heterocycles. The van der Waals surface area contributed by atoms with Crippen LogP contribution in [-0.4, -0.2) is 59.2 Å². The molecule has 224 valence electrons. The second-order valence-corrected chi connectivity index (χ2v) is 6.76. The molecule has 0 bridgehead atoms. The minimum absolute atomic E-state index is 0.0882. The van der Waals surface area contributed by atoms with Gasteiger partial charge in [-0.25, -0.2) is 0 Å². The zero-order valence-electron chi connectivity index (χ0n) is 17.2. The molecule has 1 amide bonds. The Balaban J connectivity index is 3.64. The molecule has 1 N–H and O–H groups in total. The van der Waals surface area contributed by atoms with E-state index in [1.807, 2.05) is 4.74 Å².